The molecule has 0 bridgehead atoms. The molecule has 0 atom stereocenters. The number of nitrogens with zero attached hydrogens (tertiary/aromatic N) is 2. The van der Waals surface area contributed by atoms with Gasteiger partial charge < -0.3 is 9.31 Å². The van der Waals surface area contributed by atoms with E-state index in [0.29, 0.717) is 0 Å². The average molecular weight is 288 g/mol. The highest BCUT2D eigenvalue weighted by Crippen LogP contribution is 2.36. The van der Waals surface area contributed by atoms with Crippen LogP contribution in [0, 0.1) is 0 Å². The molecule has 0 radical (unpaired) electrons. The molecule has 0 aromatic carbocycles. The van der Waals surface area contributed by atoms with Gasteiger partial charge in [0, 0.05) is 6.20 Å². The molecule has 104 valence electrons. The van der Waals surface area contributed by atoms with Crippen LogP contribution >= 0.6 is 11.3 Å². The summed E-state index contributed by atoms with van der Waals surface area (Å²) in [6.07, 6.45) is 3.47. The minimum absolute atomic E-state index is 0.363. The Morgan fingerprint density at radius 3 is 2.40 bits per heavy atom. The molecule has 20 heavy (non-hydrogen) atoms. The number of aromatic nitrogens is 2. The van der Waals surface area contributed by atoms with Crippen molar-refractivity contribution in [1.82, 2.24) is 9.97 Å². The molecule has 2 aromatic rings. The van der Waals surface area contributed by atoms with Crippen molar-refractivity contribution in [2.45, 2.75) is 38.9 Å². The molecule has 3 heterocycles. The first kappa shape index (κ1) is 13.7. The van der Waals surface area contributed by atoms with E-state index in [9.17, 15) is 0 Å². The van der Waals surface area contributed by atoms with Crippen molar-refractivity contribution in [3.63, 3.8) is 0 Å². The van der Waals surface area contributed by atoms with E-state index >= 15 is 0 Å². The van der Waals surface area contributed by atoms with E-state index in [1.165, 1.54) is 0 Å². The summed E-state index contributed by atoms with van der Waals surface area (Å²) in [4.78, 5) is 9.98. The maximum Gasteiger partial charge on any atom is 0.516 e. The van der Waals surface area contributed by atoms with Crippen LogP contribution in [0.25, 0.3) is 10.6 Å². The molecule has 1 aliphatic heterocycles. The summed E-state index contributed by atoms with van der Waals surface area (Å²) in [5.74, 6) is 0. The summed E-state index contributed by atoms with van der Waals surface area (Å²) in [5.41, 5.74) is 0.845. The molecule has 0 saturated carbocycles. The molecule has 1 aliphatic rings. The van der Waals surface area contributed by atoms with Gasteiger partial charge in [0.25, 0.3) is 0 Å². The minimum Gasteiger partial charge on any atom is -0.398 e. The highest BCUT2D eigenvalue weighted by Gasteiger charge is 2.52. The van der Waals surface area contributed by atoms with Crippen LogP contribution in [0.5, 0.6) is 0 Å². The Balaban J connectivity index is 1.91. The molecule has 0 aliphatic carbocycles. The van der Waals surface area contributed by atoms with Crippen molar-refractivity contribution in [2.24, 2.45) is 0 Å². The van der Waals surface area contributed by atoms with E-state index in [1.54, 1.807) is 23.7 Å². The molecular weight excluding hydrogens is 271 g/mol. The summed E-state index contributed by atoms with van der Waals surface area (Å²) < 4.78 is 12.0. The van der Waals surface area contributed by atoms with Gasteiger partial charge >= 0.3 is 7.12 Å². The Labute approximate surface area is 123 Å². The van der Waals surface area contributed by atoms with Crippen LogP contribution in [0.3, 0.4) is 0 Å². The Morgan fingerprint density at radius 2 is 1.80 bits per heavy atom. The largest absolute Gasteiger partial charge is 0.516 e. The Hall–Kier alpha value is -1.24. The fraction of sp³-hybridized carbons (Fsp3) is 0.429. The number of hydrogen-bond acceptors (Lipinski definition) is 5. The first-order valence-electron chi connectivity index (χ1n) is 6.60. The molecule has 4 nitrogen and oxygen atoms in total. The maximum absolute atomic E-state index is 6.00. The van der Waals surface area contributed by atoms with Gasteiger partial charge in [0.2, 0.25) is 0 Å². The third kappa shape index (κ3) is 2.28. The lowest BCUT2D eigenvalue weighted by Gasteiger charge is -2.32. The molecule has 1 fully saturated rings. The van der Waals surface area contributed by atoms with Crippen LogP contribution in [0.2, 0.25) is 0 Å². The lowest BCUT2D eigenvalue weighted by Crippen LogP contribution is -2.41. The zero-order valence-corrected chi connectivity index (χ0v) is 12.9. The predicted molar refractivity (Wildman–Crippen MR) is 81.1 cm³/mol. The van der Waals surface area contributed by atoms with Crippen LogP contribution in [0.1, 0.15) is 27.7 Å². The third-order valence-corrected chi connectivity index (χ3v) is 4.81. The smallest absolute Gasteiger partial charge is 0.398 e. The van der Waals surface area contributed by atoms with E-state index < -0.39 is 7.12 Å². The molecule has 0 N–H and O–H groups in total. The standard InChI is InChI=1S/C14H17BN2O2S/c1-13(2)14(3,4)19-15(18-13)12-9-16-8-10(17-12)11-6-5-7-20-11/h5-9H,1-4H3. The topological polar surface area (TPSA) is 44.2 Å². The first-order valence-corrected chi connectivity index (χ1v) is 7.48. The highest BCUT2D eigenvalue weighted by molar-refractivity contribution is 7.13. The molecule has 0 spiro atoms. The fourth-order valence-electron chi connectivity index (χ4n) is 2.00. The summed E-state index contributed by atoms with van der Waals surface area (Å²) in [6, 6.07) is 4.03. The van der Waals surface area contributed by atoms with Crippen LogP contribution in [-0.2, 0) is 9.31 Å². The Morgan fingerprint density at radius 1 is 1.10 bits per heavy atom. The van der Waals surface area contributed by atoms with E-state index in [4.69, 9.17) is 9.31 Å². The van der Waals surface area contributed by atoms with Gasteiger partial charge in [-0.1, -0.05) is 6.07 Å². The quantitative estimate of drug-likeness (QED) is 0.796. The Kier molecular flexibility index (Phi) is 3.19. The Bertz CT molecular complexity index is 597. The van der Waals surface area contributed by atoms with Crippen molar-refractivity contribution < 1.29 is 9.31 Å². The van der Waals surface area contributed by atoms with E-state index in [1.807, 2.05) is 45.2 Å². The summed E-state index contributed by atoms with van der Waals surface area (Å²) >= 11 is 1.64. The summed E-state index contributed by atoms with van der Waals surface area (Å²) in [6.45, 7) is 8.13. The fourth-order valence-corrected chi connectivity index (χ4v) is 2.68. The predicted octanol–water partition coefficient (Wildman–Crippen LogP) is 2.50. The second-order valence-corrected chi connectivity index (χ2v) is 6.84. The number of thiophene rings is 1. The second kappa shape index (κ2) is 4.65. The molecule has 1 saturated heterocycles. The maximum atomic E-state index is 6.00. The molecule has 6 heteroatoms. The van der Waals surface area contributed by atoms with E-state index in [2.05, 4.69) is 9.97 Å². The number of hydrogen-bond donors (Lipinski definition) is 0. The zero-order valence-electron chi connectivity index (χ0n) is 12.1. The first-order chi connectivity index (χ1) is 9.39. The van der Waals surface area contributed by atoms with Gasteiger partial charge in [-0.05, 0) is 39.1 Å². The molecule has 0 unspecified atom stereocenters. The van der Waals surface area contributed by atoms with Crippen molar-refractivity contribution in [3.05, 3.63) is 29.9 Å². The lowest BCUT2D eigenvalue weighted by molar-refractivity contribution is 0.00578. The molecular formula is C14H17BN2O2S. The highest BCUT2D eigenvalue weighted by atomic mass is 32.1. The van der Waals surface area contributed by atoms with E-state index in [-0.39, 0.29) is 11.2 Å². The second-order valence-electron chi connectivity index (χ2n) is 5.89. The van der Waals surface area contributed by atoms with Gasteiger partial charge in [-0.2, -0.15) is 0 Å². The molecule has 2 aromatic heterocycles. The minimum atomic E-state index is -0.465. The lowest BCUT2D eigenvalue weighted by atomic mass is 9.85. The van der Waals surface area contributed by atoms with E-state index in [0.717, 1.165) is 16.2 Å². The monoisotopic (exact) mass is 288 g/mol. The van der Waals surface area contributed by atoms with Gasteiger partial charge in [-0.25, -0.2) is 0 Å². The van der Waals surface area contributed by atoms with Crippen molar-refractivity contribution in [1.29, 1.82) is 0 Å². The SMILES string of the molecule is CC1(C)OB(c2cncc(-c3cccs3)n2)OC1(C)C. The van der Waals surface area contributed by atoms with Crippen molar-refractivity contribution in [3.8, 4) is 10.6 Å². The van der Waals surface area contributed by atoms with Crippen LogP contribution in [0.4, 0.5) is 0 Å². The molecule has 0 amide bonds. The van der Waals surface area contributed by atoms with Gasteiger partial charge in [-0.15, -0.1) is 11.3 Å². The van der Waals surface area contributed by atoms with Gasteiger partial charge in [0.05, 0.1) is 33.6 Å². The third-order valence-electron chi connectivity index (χ3n) is 3.92. The van der Waals surface area contributed by atoms with Crippen molar-refractivity contribution in [2.75, 3.05) is 0 Å². The average Bonchev–Trinajstić information content (AvgIpc) is 2.97. The summed E-state index contributed by atoms with van der Waals surface area (Å²) in [5, 5.41) is 2.03. The van der Waals surface area contributed by atoms with Crippen molar-refractivity contribution >= 4 is 24.0 Å². The van der Waals surface area contributed by atoms with Gasteiger partial charge in [0.1, 0.15) is 0 Å². The normalized spacial score (nSPS) is 20.3. The molecule has 3 rings (SSSR count). The zero-order chi connectivity index (χ0) is 14.4. The van der Waals surface area contributed by atoms with Gasteiger partial charge in [0.15, 0.2) is 0 Å². The van der Waals surface area contributed by atoms with Crippen LogP contribution in [0.15, 0.2) is 29.9 Å². The van der Waals surface area contributed by atoms with Crippen LogP contribution in [-0.4, -0.2) is 28.3 Å². The summed E-state index contributed by atoms with van der Waals surface area (Å²) in [7, 11) is -0.465. The van der Waals surface area contributed by atoms with Gasteiger partial charge in [-0.3, -0.25) is 9.97 Å². The number of rotatable bonds is 2. The van der Waals surface area contributed by atoms with Crippen LogP contribution < -0.4 is 5.59 Å².